The van der Waals surface area contributed by atoms with Gasteiger partial charge in [-0.2, -0.15) is 0 Å². The van der Waals surface area contributed by atoms with E-state index < -0.39 is 21.4 Å². The summed E-state index contributed by atoms with van der Waals surface area (Å²) in [4.78, 5) is 1.75. The second kappa shape index (κ2) is 11.9. The third-order valence-electron chi connectivity index (χ3n) is 1.73. The molecule has 0 saturated carbocycles. The zero-order valence-electron chi connectivity index (χ0n) is 7.09. The molecule has 0 fully saturated rings. The largest absolute Gasteiger partial charge is 0.108 e. The standard InChI is InChI=1S/3C2H5.In.HN3/c3*1-2;;1-3-2/h3*1H2,2H3;;1H. The van der Waals surface area contributed by atoms with Gasteiger partial charge in [0.05, 0.1) is 0 Å². The zero-order valence-corrected chi connectivity index (χ0v) is 10.4. The van der Waals surface area contributed by atoms with Gasteiger partial charge in [-0.05, 0) is 10.4 Å². The first-order valence-electron chi connectivity index (χ1n) is 3.77. The van der Waals surface area contributed by atoms with Gasteiger partial charge >= 0.3 is 54.7 Å². The van der Waals surface area contributed by atoms with E-state index in [1.807, 2.05) is 0 Å². The van der Waals surface area contributed by atoms with E-state index in [1.54, 1.807) is 17.4 Å². The first kappa shape index (κ1) is 12.8. The fourth-order valence-corrected chi connectivity index (χ4v) is 5.81. The summed E-state index contributed by atoms with van der Waals surface area (Å²) in [5.74, 6) is 0. The fourth-order valence-electron chi connectivity index (χ4n) is 0.866. The van der Waals surface area contributed by atoms with Gasteiger partial charge in [-0.15, -0.1) is 5.53 Å². The van der Waals surface area contributed by atoms with Crippen molar-refractivity contribution in [2.75, 3.05) is 0 Å². The predicted octanol–water partition coefficient (Wildman–Crippen LogP) is 3.42. The maximum atomic E-state index is 6.86. The molecule has 3 nitrogen and oxygen atoms in total. The van der Waals surface area contributed by atoms with E-state index in [0.29, 0.717) is 0 Å². The van der Waals surface area contributed by atoms with Crippen LogP contribution in [0.2, 0.25) is 12.5 Å². The van der Waals surface area contributed by atoms with Crippen LogP contribution in [0.1, 0.15) is 20.8 Å². The van der Waals surface area contributed by atoms with Gasteiger partial charge in [0.25, 0.3) is 0 Å². The summed E-state index contributed by atoms with van der Waals surface area (Å²) in [5.41, 5.74) is 12.2. The molecule has 0 bridgehead atoms. The Hall–Kier alpha value is 0.180. The zero-order chi connectivity index (χ0) is 8.41. The minimum atomic E-state index is -0.764. The average Bonchev–Trinajstić information content (AvgIpc) is 1.93. The van der Waals surface area contributed by atoms with Crippen LogP contribution in [0.5, 0.6) is 0 Å². The van der Waals surface area contributed by atoms with Gasteiger partial charge in [-0.25, -0.2) is 0 Å². The van der Waals surface area contributed by atoms with Crippen molar-refractivity contribution >= 4 is 21.4 Å². The number of hydrogen-bond acceptors (Lipinski definition) is 1. The molecule has 1 N–H and O–H groups in total. The first-order chi connectivity index (χ1) is 4.76. The summed E-state index contributed by atoms with van der Waals surface area (Å²) < 4.78 is 4.69. The number of hydrogen-bond donors (Lipinski definition) is 1. The van der Waals surface area contributed by atoms with E-state index in [2.05, 4.69) is 20.8 Å². The normalized spacial score (nSPS) is 7.10. The van der Waals surface area contributed by atoms with E-state index in [0.717, 1.165) is 0 Å². The van der Waals surface area contributed by atoms with Crippen molar-refractivity contribution in [3.8, 4) is 0 Å². The molecule has 0 rings (SSSR count). The number of nitrogens with one attached hydrogen (secondary N) is 1. The van der Waals surface area contributed by atoms with Crippen molar-refractivity contribution in [3.05, 3.63) is 10.4 Å². The Morgan fingerprint density at radius 3 is 1.40 bits per heavy atom. The van der Waals surface area contributed by atoms with Crippen LogP contribution in [0.15, 0.2) is 0 Å². The quantitative estimate of drug-likeness (QED) is 0.450. The van der Waals surface area contributed by atoms with Gasteiger partial charge in [-0.1, -0.05) is 0 Å². The van der Waals surface area contributed by atoms with Crippen molar-refractivity contribution in [3.63, 3.8) is 0 Å². The smallest absolute Gasteiger partial charge is 0.00208 e. The molecule has 0 aromatic carbocycles. The third kappa shape index (κ3) is 11.0. The van der Waals surface area contributed by atoms with Crippen LogP contribution in [0.4, 0.5) is 0 Å². The molecule has 0 saturated heterocycles. The number of rotatable bonds is 3. The van der Waals surface area contributed by atoms with Gasteiger partial charge < -0.3 is 0 Å². The molecule has 0 aliphatic rings. The predicted molar refractivity (Wildman–Crippen MR) is 46.6 cm³/mol. The van der Waals surface area contributed by atoms with E-state index in [1.165, 1.54) is 0 Å². The van der Waals surface area contributed by atoms with Gasteiger partial charge in [0.2, 0.25) is 0 Å². The van der Waals surface area contributed by atoms with Crippen molar-refractivity contribution < 1.29 is 0 Å². The van der Waals surface area contributed by atoms with Crippen LogP contribution in [-0.4, -0.2) is 21.4 Å². The molecule has 58 valence electrons. The van der Waals surface area contributed by atoms with Crippen LogP contribution in [0.3, 0.4) is 0 Å². The molecule has 0 spiro atoms. The van der Waals surface area contributed by atoms with E-state index in [9.17, 15) is 0 Å². The van der Waals surface area contributed by atoms with E-state index >= 15 is 0 Å². The third-order valence-corrected chi connectivity index (χ3v) is 11.6. The molecule has 0 aromatic heterocycles. The maximum Gasteiger partial charge on any atom is -0.00208 e. The second-order valence-electron chi connectivity index (χ2n) is 2.19. The fraction of sp³-hybridized carbons (Fsp3) is 1.00. The monoisotopic (exact) mass is 245 g/mol. The van der Waals surface area contributed by atoms with Crippen LogP contribution in [0, 0.1) is 5.53 Å². The van der Waals surface area contributed by atoms with E-state index in [-0.39, 0.29) is 0 Å². The van der Waals surface area contributed by atoms with Gasteiger partial charge in [0.15, 0.2) is 0 Å². The SMILES string of the molecule is C[CH2][In]([CH2]C)[CH2]C.[N-]=[N+]=N. The maximum absolute atomic E-state index is 6.86. The second-order valence-corrected chi connectivity index (χ2v) is 14.1. The Balaban J connectivity index is 0. The first-order valence-corrected chi connectivity index (χ1v) is 10.8. The van der Waals surface area contributed by atoms with Crippen LogP contribution in [0.25, 0.3) is 10.4 Å². The molecule has 0 unspecified atom stereocenters. The van der Waals surface area contributed by atoms with E-state index in [4.69, 9.17) is 11.1 Å². The molecule has 0 amide bonds. The topological polar surface area (TPSA) is 60.3 Å². The minimum Gasteiger partial charge on any atom is -0.108 e. The summed E-state index contributed by atoms with van der Waals surface area (Å²) in [7, 11) is 0. The van der Waals surface area contributed by atoms with Crippen molar-refractivity contribution in [1.29, 1.82) is 5.53 Å². The van der Waals surface area contributed by atoms with Crippen LogP contribution < -0.4 is 0 Å². The molecule has 10 heavy (non-hydrogen) atoms. The van der Waals surface area contributed by atoms with Crippen molar-refractivity contribution in [1.82, 2.24) is 0 Å². The summed E-state index contributed by atoms with van der Waals surface area (Å²) in [6.07, 6.45) is 0. The Bertz CT molecular complexity index is 79.5. The molecule has 0 aromatic rings. The van der Waals surface area contributed by atoms with Crippen molar-refractivity contribution in [2.45, 2.75) is 33.3 Å². The van der Waals surface area contributed by atoms with Gasteiger partial charge in [0, 0.05) is 0 Å². The molecule has 0 radical (unpaired) electrons. The Labute approximate surface area is 70.8 Å². The molecular weight excluding hydrogens is 229 g/mol. The summed E-state index contributed by atoms with van der Waals surface area (Å²) in [6, 6.07) is 0. The molecule has 0 aliphatic heterocycles. The molecule has 4 heteroatoms. The molecule has 0 aliphatic carbocycles. The van der Waals surface area contributed by atoms with Gasteiger partial charge in [0.1, 0.15) is 0 Å². The van der Waals surface area contributed by atoms with Crippen LogP contribution in [-0.2, 0) is 0 Å². The van der Waals surface area contributed by atoms with Crippen molar-refractivity contribution in [2.24, 2.45) is 0 Å². The molecule has 0 atom stereocenters. The summed E-state index contributed by atoms with van der Waals surface area (Å²) in [6.45, 7) is 7.06. The van der Waals surface area contributed by atoms with Crippen LogP contribution >= 0.6 is 0 Å². The Morgan fingerprint density at radius 2 is 1.40 bits per heavy atom. The summed E-state index contributed by atoms with van der Waals surface area (Å²) >= 11 is -0.764. The molecular formula is C6H16InN3. The average molecular weight is 245 g/mol. The van der Waals surface area contributed by atoms with Gasteiger partial charge in [-0.3, -0.25) is 0 Å². The molecule has 0 heterocycles. The Kier molecular flexibility index (Phi) is 15.3. The summed E-state index contributed by atoms with van der Waals surface area (Å²) in [5, 5.41) is 0. The minimum absolute atomic E-state index is 0.764. The Morgan fingerprint density at radius 1 is 1.20 bits per heavy atom. The number of nitrogens with zero attached hydrogens (tertiary/aromatic N) is 2.